The van der Waals surface area contributed by atoms with E-state index >= 15 is 0 Å². The molecule has 5 aromatic carbocycles. The van der Waals surface area contributed by atoms with Gasteiger partial charge in [0.25, 0.3) is 0 Å². The molecule has 0 aliphatic carbocycles. The van der Waals surface area contributed by atoms with Gasteiger partial charge in [-0.2, -0.15) is 0 Å². The molecule has 0 aliphatic heterocycles. The number of aromatic carboxylic acids is 1. The predicted molar refractivity (Wildman–Crippen MR) is 313 cm³/mol. The molecule has 0 saturated heterocycles. The molecule has 23 nitrogen and oxygen atoms in total. The average molecular weight is 1290 g/mol. The minimum Gasteiger partial charge on any atom is -0.497 e. The molecule has 0 spiro atoms. The molecule has 2 amide bonds. The van der Waals surface area contributed by atoms with Gasteiger partial charge in [0, 0.05) is 51.6 Å². The third kappa shape index (κ3) is 23.0. The summed E-state index contributed by atoms with van der Waals surface area (Å²) in [7, 11) is 7.93. The van der Waals surface area contributed by atoms with E-state index in [9.17, 15) is 24.0 Å². The van der Waals surface area contributed by atoms with E-state index in [0.717, 1.165) is 28.7 Å². The maximum atomic E-state index is 12.2. The lowest BCUT2D eigenvalue weighted by molar-refractivity contribution is 0.0204. The van der Waals surface area contributed by atoms with E-state index in [0.29, 0.717) is 78.9 Å². The molecule has 3 heterocycles. The van der Waals surface area contributed by atoms with Crippen LogP contribution in [0.3, 0.4) is 0 Å². The number of furan rings is 3. The molecule has 8 aromatic rings. The van der Waals surface area contributed by atoms with Crippen LogP contribution >= 0.6 is 31.9 Å². The molecule has 0 saturated carbocycles. The second-order valence-corrected chi connectivity index (χ2v) is 17.4. The number of carboxylic acid groups (broad SMARTS) is 1. The summed E-state index contributed by atoms with van der Waals surface area (Å²) in [6.45, 7) is 0.585. The van der Waals surface area contributed by atoms with Crippen LogP contribution in [0.4, 0.5) is 0 Å². The smallest absolute Gasteiger partial charge is 0.488 e. The van der Waals surface area contributed by atoms with Crippen LogP contribution in [0.15, 0.2) is 162 Å². The minimum absolute atomic E-state index is 0.0538. The molecule has 442 valence electrons. The van der Waals surface area contributed by atoms with Crippen LogP contribution < -0.4 is 50.7 Å². The van der Waals surface area contributed by atoms with Crippen LogP contribution in [0.5, 0.6) is 34.5 Å². The van der Waals surface area contributed by atoms with E-state index in [-0.39, 0.29) is 30.5 Å². The van der Waals surface area contributed by atoms with Crippen molar-refractivity contribution in [1.82, 2.24) is 11.0 Å². The minimum atomic E-state index is -1.50. The number of hydrogen-bond donors (Lipinski definition) is 6. The van der Waals surface area contributed by atoms with E-state index in [4.69, 9.17) is 69.4 Å². The van der Waals surface area contributed by atoms with Crippen molar-refractivity contribution >= 4 is 74.8 Å². The number of rotatable bonds is 21. The quantitative estimate of drug-likeness (QED) is 0.0169. The second-order valence-electron chi connectivity index (χ2n) is 15.9. The SMILES string of the molecule is COc1ccc(CON)c(OC)c1.COc1ccc(CONC(=O)c2ccc(-c3cccc(C=O)c3)o2)c(OC)c1.COc1ccc(CONC(=O)c2ccc(Br)o2)c(OC)c1.O=C(O)c1ccc(Br)o1.O=Cc1cccc(B(O)O)c1.[2H]C#C. The van der Waals surface area contributed by atoms with Crippen molar-refractivity contribution in [2.24, 2.45) is 5.90 Å². The summed E-state index contributed by atoms with van der Waals surface area (Å²) in [4.78, 5) is 70.1. The molecule has 7 N–H and O–H groups in total. The number of benzene rings is 5. The predicted octanol–water partition coefficient (Wildman–Crippen LogP) is 8.82. The first-order chi connectivity index (χ1) is 40.9. The zero-order valence-electron chi connectivity index (χ0n) is 46.8. The number of ether oxygens (including phenoxy) is 6. The number of nitrogens with one attached hydrogen (secondary N) is 2. The van der Waals surface area contributed by atoms with Gasteiger partial charge in [0.2, 0.25) is 5.76 Å². The van der Waals surface area contributed by atoms with Crippen LogP contribution in [0.1, 0.15) is 70.4 Å². The lowest BCUT2D eigenvalue weighted by atomic mass is 9.80. The number of hydroxylamine groups is 2. The highest BCUT2D eigenvalue weighted by atomic mass is 79.9. The van der Waals surface area contributed by atoms with Crippen LogP contribution in [-0.4, -0.2) is 95.3 Å². The molecule has 0 radical (unpaired) electrons. The van der Waals surface area contributed by atoms with Crippen LogP contribution in [0.25, 0.3) is 11.3 Å². The van der Waals surface area contributed by atoms with E-state index in [2.05, 4.69) is 58.5 Å². The summed E-state index contributed by atoms with van der Waals surface area (Å²) in [6.07, 6.45) is 7.17. The van der Waals surface area contributed by atoms with Gasteiger partial charge in [0.1, 0.15) is 67.4 Å². The zero-order chi connectivity index (χ0) is 62.7. The van der Waals surface area contributed by atoms with E-state index < -0.39 is 24.9 Å². The number of methoxy groups -OCH3 is 6. The first-order valence-electron chi connectivity index (χ1n) is 24.4. The van der Waals surface area contributed by atoms with E-state index in [1.165, 1.54) is 42.8 Å². The molecule has 0 bridgehead atoms. The number of carbonyl (C=O) groups excluding carboxylic acids is 4. The Kier molecular flexibility index (Phi) is 30.3. The standard InChI is InChI=1S/C21H19NO6.C14H14BrNO5.C9H13NO3.C7H7BO3.C5H3BrO3.C2H2/c1-25-17-7-6-16(20(11-17)26-2)13-27-22-21(24)19-9-8-18(28-19)15-5-3-4-14(10-15)12-23;1-18-10-4-3-9(12(7-10)19-2)8-20-16-14(17)11-5-6-13(15)21-11;1-11-8-4-3-7(6-13-10)9(5-8)12-2;9-5-6-2-1-3-7(4-6)8(10)11;6-4-2-1-3(9-4)5(7)8;1-2/h3-12H,13H2,1-2H3,(H,22,24);3-7H,8H2,1-2H3,(H,16,17);3-5H,6,10H2,1-2H3;1-5,10-11H;1-2H,(H,7,8);1-2H/i;;;;;1D. The normalized spacial score (nSPS) is 9.86. The average Bonchev–Trinajstić information content (AvgIpc) is 4.36. The number of terminal acetylenes is 1. The Morgan fingerprint density at radius 3 is 1.37 bits per heavy atom. The summed E-state index contributed by atoms with van der Waals surface area (Å²) in [6, 6.07) is 38.4. The molecule has 26 heteroatoms. The maximum absolute atomic E-state index is 12.2. The number of halogens is 2. The Bertz CT molecular complexity index is 3420. The van der Waals surface area contributed by atoms with Crippen molar-refractivity contribution in [3.8, 4) is 58.6 Å². The van der Waals surface area contributed by atoms with Gasteiger partial charge in [0.05, 0.1) is 49.3 Å². The Balaban J connectivity index is 0.000000292. The highest BCUT2D eigenvalue weighted by molar-refractivity contribution is 9.10. The number of hydrogen-bond acceptors (Lipinski definition) is 20. The van der Waals surface area contributed by atoms with Crippen molar-refractivity contribution in [2.75, 3.05) is 42.7 Å². The van der Waals surface area contributed by atoms with Crippen molar-refractivity contribution in [2.45, 2.75) is 19.8 Å². The fourth-order valence-corrected chi connectivity index (χ4v) is 7.11. The topological polar surface area (TPSA) is 319 Å². The maximum Gasteiger partial charge on any atom is 0.488 e. The molecule has 0 atom stereocenters. The second kappa shape index (κ2) is 37.8. The van der Waals surface area contributed by atoms with Gasteiger partial charge in [-0.1, -0.05) is 42.5 Å². The summed E-state index contributed by atoms with van der Waals surface area (Å²) in [5.74, 6) is 7.60. The molecular weight excluding hydrogens is 1230 g/mol. The molecule has 0 fully saturated rings. The van der Waals surface area contributed by atoms with Gasteiger partial charge in [-0.3, -0.25) is 33.7 Å². The van der Waals surface area contributed by atoms with Gasteiger partial charge in [-0.25, -0.2) is 21.7 Å². The Morgan fingerprint density at radius 2 is 0.988 bits per heavy atom. The Labute approximate surface area is 501 Å². The lowest BCUT2D eigenvalue weighted by Gasteiger charge is -2.10. The van der Waals surface area contributed by atoms with Crippen LogP contribution in [0.2, 0.25) is 0 Å². The van der Waals surface area contributed by atoms with Crippen molar-refractivity contribution in [3.05, 3.63) is 194 Å². The summed E-state index contributed by atoms with van der Waals surface area (Å²) < 4.78 is 52.9. The van der Waals surface area contributed by atoms with Gasteiger partial charge in [0.15, 0.2) is 20.9 Å². The third-order valence-electron chi connectivity index (χ3n) is 10.6. The third-order valence-corrected chi connectivity index (χ3v) is 11.4. The molecule has 0 aliphatic rings. The first kappa shape index (κ1) is 67.3. The van der Waals surface area contributed by atoms with Gasteiger partial charge in [-0.05, 0) is 116 Å². The van der Waals surface area contributed by atoms with Crippen molar-refractivity contribution in [1.29, 1.82) is 0 Å². The summed E-state index contributed by atoms with van der Waals surface area (Å²) in [5.41, 5.74) is 9.05. The Hall–Kier alpha value is -9.17. The highest BCUT2D eigenvalue weighted by Gasteiger charge is 2.16. The van der Waals surface area contributed by atoms with Gasteiger partial charge in [-0.15, -0.1) is 12.8 Å². The summed E-state index contributed by atoms with van der Waals surface area (Å²) >= 11 is 6.09. The number of carboxylic acids is 1. The number of aldehydes is 2. The first-order valence-corrected chi connectivity index (χ1v) is 25.5. The summed E-state index contributed by atoms with van der Waals surface area (Å²) in [5, 5.41) is 25.7. The lowest BCUT2D eigenvalue weighted by Crippen LogP contribution is -2.29. The van der Waals surface area contributed by atoms with Crippen LogP contribution in [0, 0.1) is 12.8 Å². The fourth-order valence-electron chi connectivity index (χ4n) is 6.50. The monoisotopic (exact) mass is 1290 g/mol. The van der Waals surface area contributed by atoms with E-state index in [1.807, 2.05) is 12.1 Å². The van der Waals surface area contributed by atoms with E-state index in [1.54, 1.807) is 134 Å². The van der Waals surface area contributed by atoms with Crippen molar-refractivity contribution in [3.63, 3.8) is 0 Å². The molecule has 84 heavy (non-hydrogen) atoms. The Morgan fingerprint density at radius 1 is 0.571 bits per heavy atom. The zero-order valence-corrected chi connectivity index (χ0v) is 49.0. The van der Waals surface area contributed by atoms with Gasteiger partial charge >= 0.3 is 24.9 Å². The fraction of sp³-hybridized carbons (Fsp3) is 0.155. The molecule has 8 rings (SSSR count). The largest absolute Gasteiger partial charge is 0.497 e. The number of carbonyl (C=O) groups is 5. The van der Waals surface area contributed by atoms with Crippen molar-refractivity contribution < 1.29 is 96.7 Å². The molecule has 0 unspecified atom stereocenters. The highest BCUT2D eigenvalue weighted by Crippen LogP contribution is 2.28. The van der Waals surface area contributed by atoms with Crippen LogP contribution in [-0.2, 0) is 34.3 Å². The molecule has 3 aromatic heterocycles. The number of amides is 2. The van der Waals surface area contributed by atoms with Gasteiger partial charge < -0.3 is 56.8 Å². The molecular formula is C58H58BBr2N3O20. The number of nitrogens with two attached hydrogens (primary N) is 1.